The van der Waals surface area contributed by atoms with Crippen LogP contribution >= 0.6 is 0 Å². The van der Waals surface area contributed by atoms with Gasteiger partial charge in [-0.3, -0.25) is 9.59 Å². The summed E-state index contributed by atoms with van der Waals surface area (Å²) in [5.74, 6) is -1.57. The number of fused-ring (bicyclic) bond motifs is 1. The van der Waals surface area contributed by atoms with Gasteiger partial charge in [-0.15, -0.1) is 0 Å². The van der Waals surface area contributed by atoms with Crippen LogP contribution in [0.2, 0.25) is 0 Å². The third-order valence-electron chi connectivity index (χ3n) is 4.90. The van der Waals surface area contributed by atoms with Crippen LogP contribution in [-0.2, 0) is 11.3 Å². The van der Waals surface area contributed by atoms with Crippen LogP contribution in [0.25, 0.3) is 22.4 Å². The highest BCUT2D eigenvalue weighted by molar-refractivity contribution is 5.95. The van der Waals surface area contributed by atoms with Gasteiger partial charge < -0.3 is 15.2 Å². The van der Waals surface area contributed by atoms with E-state index in [0.29, 0.717) is 11.0 Å². The van der Waals surface area contributed by atoms with Crippen molar-refractivity contribution in [3.63, 3.8) is 0 Å². The van der Waals surface area contributed by atoms with Crippen LogP contribution in [0.15, 0.2) is 54.7 Å². The van der Waals surface area contributed by atoms with Gasteiger partial charge in [-0.25, -0.2) is 18.7 Å². The van der Waals surface area contributed by atoms with Gasteiger partial charge in [0.2, 0.25) is 5.91 Å². The van der Waals surface area contributed by atoms with Gasteiger partial charge >= 0.3 is 0 Å². The summed E-state index contributed by atoms with van der Waals surface area (Å²) in [6.07, 6.45) is 1.000. The number of pyridine rings is 1. The minimum Gasteiger partial charge on any atom is -0.355 e. The molecule has 2 amide bonds. The summed E-state index contributed by atoms with van der Waals surface area (Å²) in [6, 6.07) is 12.1. The fourth-order valence-electron chi connectivity index (χ4n) is 3.36. The molecule has 4 aromatic rings. The number of nitrogens with one attached hydrogen (secondary N) is 2. The zero-order chi connectivity index (χ0) is 22.8. The number of amides is 2. The number of carbonyl (C=O) groups excluding carboxylic acids is 2. The van der Waals surface area contributed by atoms with Crippen LogP contribution in [0.3, 0.4) is 0 Å². The number of aryl methyl sites for hydroxylation is 1. The molecule has 0 radical (unpaired) electrons. The van der Waals surface area contributed by atoms with Crippen LogP contribution in [0.1, 0.15) is 15.9 Å². The second-order valence-electron chi connectivity index (χ2n) is 7.20. The van der Waals surface area contributed by atoms with Crippen molar-refractivity contribution in [2.75, 3.05) is 12.4 Å². The van der Waals surface area contributed by atoms with Crippen molar-refractivity contribution in [2.24, 2.45) is 0 Å². The topological polar surface area (TPSA) is 88.9 Å². The Kier molecular flexibility index (Phi) is 5.63. The van der Waals surface area contributed by atoms with Crippen molar-refractivity contribution >= 4 is 28.7 Å². The summed E-state index contributed by atoms with van der Waals surface area (Å²) < 4.78 is 29.6. The van der Waals surface area contributed by atoms with Crippen molar-refractivity contribution in [2.45, 2.75) is 13.5 Å². The molecule has 2 N–H and O–H groups in total. The van der Waals surface area contributed by atoms with Gasteiger partial charge in [0.05, 0.1) is 22.8 Å². The van der Waals surface area contributed by atoms with Crippen LogP contribution in [0, 0.1) is 18.6 Å². The maximum Gasteiger partial charge on any atom is 0.251 e. The Bertz CT molecular complexity index is 1330. The van der Waals surface area contributed by atoms with Crippen molar-refractivity contribution in [3.05, 3.63) is 77.5 Å². The predicted octanol–water partition coefficient (Wildman–Crippen LogP) is 3.68. The van der Waals surface area contributed by atoms with E-state index in [9.17, 15) is 18.4 Å². The molecule has 0 aliphatic carbocycles. The number of hydrogen-bond donors (Lipinski definition) is 2. The molecular weight excluding hydrogens is 416 g/mol. The summed E-state index contributed by atoms with van der Waals surface area (Å²) in [7, 11) is 1.46. The van der Waals surface area contributed by atoms with Gasteiger partial charge in [-0.2, -0.15) is 0 Å². The molecule has 2 aromatic carbocycles. The fraction of sp³-hybridized carbons (Fsp3) is 0.130. The number of benzene rings is 2. The zero-order valence-corrected chi connectivity index (χ0v) is 17.3. The number of nitrogens with zero attached hydrogens (tertiary/aromatic N) is 3. The number of aromatic nitrogens is 3. The number of imidazole rings is 1. The van der Waals surface area contributed by atoms with Gasteiger partial charge in [0, 0.05) is 12.6 Å². The average Bonchev–Trinajstić information content (AvgIpc) is 3.11. The summed E-state index contributed by atoms with van der Waals surface area (Å²) in [5.41, 5.74) is 2.53. The molecule has 0 unspecified atom stereocenters. The minimum atomic E-state index is -0.639. The van der Waals surface area contributed by atoms with E-state index in [1.165, 1.54) is 31.3 Å². The van der Waals surface area contributed by atoms with Gasteiger partial charge in [-0.1, -0.05) is 6.07 Å². The second-order valence-corrected chi connectivity index (χ2v) is 7.20. The largest absolute Gasteiger partial charge is 0.355 e. The lowest BCUT2D eigenvalue weighted by molar-refractivity contribution is -0.116. The Balaban J connectivity index is 1.74. The van der Waals surface area contributed by atoms with Crippen LogP contribution < -0.4 is 10.6 Å². The first kappa shape index (κ1) is 21.1. The highest BCUT2D eigenvalue weighted by Gasteiger charge is 2.19. The van der Waals surface area contributed by atoms with Gasteiger partial charge in [0.1, 0.15) is 29.8 Å². The molecule has 162 valence electrons. The molecule has 2 heterocycles. The van der Waals surface area contributed by atoms with Gasteiger partial charge in [0.15, 0.2) is 0 Å². The lowest BCUT2D eigenvalue weighted by Crippen LogP contribution is -2.20. The molecule has 2 aromatic heterocycles. The number of rotatable bonds is 5. The molecule has 32 heavy (non-hydrogen) atoms. The third kappa shape index (κ3) is 4.18. The van der Waals surface area contributed by atoms with Crippen LogP contribution in [-0.4, -0.2) is 33.4 Å². The normalized spacial score (nSPS) is 10.9. The molecule has 0 fully saturated rings. The van der Waals surface area contributed by atoms with Crippen molar-refractivity contribution in [1.29, 1.82) is 0 Å². The monoisotopic (exact) mass is 435 g/mol. The summed E-state index contributed by atoms with van der Waals surface area (Å²) >= 11 is 0. The van der Waals surface area contributed by atoms with Crippen LogP contribution in [0.4, 0.5) is 14.6 Å². The zero-order valence-electron chi connectivity index (χ0n) is 17.3. The third-order valence-corrected chi connectivity index (χ3v) is 4.90. The molecule has 0 aliphatic rings. The van der Waals surface area contributed by atoms with E-state index in [0.717, 1.165) is 17.8 Å². The van der Waals surface area contributed by atoms with E-state index in [4.69, 9.17) is 0 Å². The van der Waals surface area contributed by atoms with Crippen LogP contribution in [0.5, 0.6) is 0 Å². The van der Waals surface area contributed by atoms with E-state index in [1.807, 2.05) is 19.1 Å². The smallest absolute Gasteiger partial charge is 0.251 e. The maximum atomic E-state index is 15.0. The maximum absolute atomic E-state index is 15.0. The Hall–Kier alpha value is -4.14. The Morgan fingerprint density at radius 1 is 1.06 bits per heavy atom. The Labute approximate surface area is 182 Å². The molecule has 4 rings (SSSR count). The van der Waals surface area contributed by atoms with Crippen molar-refractivity contribution in [3.8, 4) is 11.4 Å². The lowest BCUT2D eigenvalue weighted by atomic mass is 10.1. The minimum absolute atomic E-state index is 0.152. The molecule has 0 spiro atoms. The molecule has 0 bridgehead atoms. The highest BCUT2D eigenvalue weighted by Crippen LogP contribution is 2.28. The van der Waals surface area contributed by atoms with Gasteiger partial charge in [-0.05, 0) is 55.0 Å². The lowest BCUT2D eigenvalue weighted by Gasteiger charge is -2.11. The van der Waals surface area contributed by atoms with E-state index < -0.39 is 23.4 Å². The summed E-state index contributed by atoms with van der Waals surface area (Å²) in [6.45, 7) is 1.73. The fourth-order valence-corrected chi connectivity index (χ4v) is 3.36. The van der Waals surface area contributed by atoms with E-state index in [1.54, 1.807) is 10.6 Å². The SMILES string of the molecule is CNC(=O)c1ccc(-c2nc3cc(C)ccc3n2CC(=O)Nc2ccc(F)cn2)c(F)c1. The number of anilines is 1. The quantitative estimate of drug-likeness (QED) is 0.501. The van der Waals surface area contributed by atoms with E-state index >= 15 is 0 Å². The van der Waals surface area contributed by atoms with Crippen molar-refractivity contribution in [1.82, 2.24) is 19.9 Å². The number of carbonyl (C=O) groups is 2. The van der Waals surface area contributed by atoms with E-state index in [-0.39, 0.29) is 29.3 Å². The molecule has 0 aliphatic heterocycles. The second kappa shape index (κ2) is 8.54. The number of halogens is 2. The van der Waals surface area contributed by atoms with E-state index in [2.05, 4.69) is 20.6 Å². The molecule has 0 atom stereocenters. The summed E-state index contributed by atoms with van der Waals surface area (Å²) in [5, 5.41) is 5.05. The number of hydrogen-bond acceptors (Lipinski definition) is 4. The van der Waals surface area contributed by atoms with Gasteiger partial charge in [0.25, 0.3) is 5.91 Å². The van der Waals surface area contributed by atoms with Crippen molar-refractivity contribution < 1.29 is 18.4 Å². The Morgan fingerprint density at radius 2 is 1.88 bits per heavy atom. The highest BCUT2D eigenvalue weighted by atomic mass is 19.1. The summed E-state index contributed by atoms with van der Waals surface area (Å²) in [4.78, 5) is 32.9. The predicted molar refractivity (Wildman–Crippen MR) is 116 cm³/mol. The first-order chi connectivity index (χ1) is 15.4. The molecule has 0 saturated carbocycles. The molecule has 7 nitrogen and oxygen atoms in total. The molecular formula is C23H19F2N5O2. The molecule has 0 saturated heterocycles. The Morgan fingerprint density at radius 3 is 2.56 bits per heavy atom. The molecule has 9 heteroatoms. The first-order valence-corrected chi connectivity index (χ1v) is 9.76. The first-order valence-electron chi connectivity index (χ1n) is 9.76. The average molecular weight is 435 g/mol. The standard InChI is InChI=1S/C23H19F2N5O2/c1-13-3-7-19-18(9-13)28-22(16-6-4-14(10-17(16)25)23(32)26-2)30(19)12-21(31)29-20-8-5-15(24)11-27-20/h3-11H,12H2,1-2H3,(H,26,32)(H,27,29,31).